The zero-order valence-corrected chi connectivity index (χ0v) is 16.1. The maximum Gasteiger partial charge on any atom is 0.323 e. The van der Waals surface area contributed by atoms with E-state index in [9.17, 15) is 4.79 Å². The van der Waals surface area contributed by atoms with Crippen molar-refractivity contribution in [1.29, 1.82) is 0 Å². The molecule has 0 aromatic carbocycles. The van der Waals surface area contributed by atoms with Crippen LogP contribution in [-0.4, -0.2) is 38.8 Å². The van der Waals surface area contributed by atoms with Crippen molar-refractivity contribution in [2.75, 3.05) is 12.4 Å². The number of nitrogens with zero attached hydrogens (tertiary/aromatic N) is 4. The highest BCUT2D eigenvalue weighted by Gasteiger charge is 2.21. The summed E-state index contributed by atoms with van der Waals surface area (Å²) in [6.45, 7) is 8.25. The van der Waals surface area contributed by atoms with Crippen LogP contribution in [0.3, 0.4) is 0 Å². The molecule has 0 aliphatic heterocycles. The third-order valence-corrected chi connectivity index (χ3v) is 4.60. The number of aryl methyl sites for hydroxylation is 3. The van der Waals surface area contributed by atoms with Gasteiger partial charge in [0.1, 0.15) is 5.82 Å². The summed E-state index contributed by atoms with van der Waals surface area (Å²) in [5.74, 6) is 0.789. The molecule has 1 atom stereocenters. The minimum Gasteiger partial charge on any atom is -0.324 e. The Balaban J connectivity index is 2.08. The number of pyridine rings is 1. The molecule has 25 heavy (non-hydrogen) atoms. The van der Waals surface area contributed by atoms with Crippen molar-refractivity contribution in [2.24, 2.45) is 7.05 Å². The summed E-state index contributed by atoms with van der Waals surface area (Å²) in [6, 6.07) is 3.95. The summed E-state index contributed by atoms with van der Waals surface area (Å²) in [5.41, 5.74) is 4.33. The number of urea groups is 1. The molecule has 0 radical (unpaired) electrons. The summed E-state index contributed by atoms with van der Waals surface area (Å²) < 4.78 is 1.76. The first-order valence-electron chi connectivity index (χ1n) is 8.87. The molecular weight excluding hydrogens is 314 g/mol. The molecule has 0 fully saturated rings. The molecule has 6 heteroatoms. The molecule has 0 bridgehead atoms. The molecule has 136 valence electrons. The van der Waals surface area contributed by atoms with E-state index in [1.165, 1.54) is 5.56 Å². The van der Waals surface area contributed by atoms with Crippen molar-refractivity contribution in [2.45, 2.75) is 53.0 Å². The van der Waals surface area contributed by atoms with Gasteiger partial charge in [-0.15, -0.1) is 0 Å². The monoisotopic (exact) mass is 343 g/mol. The highest BCUT2D eigenvalue weighted by molar-refractivity contribution is 5.89. The first-order chi connectivity index (χ1) is 11.9. The standard InChI is InChI=1S/C19H29N5O/c1-7-16-17(8-2)22-24(6)18(16)21-19(25)23(5)14(4)12-15-11-13(3)9-10-20-15/h9-11,14H,7-8,12H2,1-6H3,(H,21,25)/t14-/m0/s1. The van der Waals surface area contributed by atoms with Gasteiger partial charge in [-0.2, -0.15) is 5.10 Å². The van der Waals surface area contributed by atoms with E-state index in [4.69, 9.17) is 0 Å². The van der Waals surface area contributed by atoms with Gasteiger partial charge in [-0.05, 0) is 44.4 Å². The smallest absolute Gasteiger partial charge is 0.323 e. The Kier molecular flexibility index (Phi) is 6.17. The quantitative estimate of drug-likeness (QED) is 0.875. The van der Waals surface area contributed by atoms with E-state index in [0.717, 1.165) is 42.0 Å². The van der Waals surface area contributed by atoms with Gasteiger partial charge < -0.3 is 4.90 Å². The highest BCUT2D eigenvalue weighted by atomic mass is 16.2. The van der Waals surface area contributed by atoms with Crippen molar-refractivity contribution < 1.29 is 4.79 Å². The normalized spacial score (nSPS) is 12.1. The largest absolute Gasteiger partial charge is 0.324 e. The molecule has 6 nitrogen and oxygen atoms in total. The van der Waals surface area contributed by atoms with E-state index in [2.05, 4.69) is 35.3 Å². The van der Waals surface area contributed by atoms with E-state index in [1.54, 1.807) is 9.58 Å². The Labute approximate surface area is 150 Å². The number of nitrogens with one attached hydrogen (secondary N) is 1. The van der Waals surface area contributed by atoms with Gasteiger partial charge in [0.15, 0.2) is 0 Å². The van der Waals surface area contributed by atoms with E-state index < -0.39 is 0 Å². The van der Waals surface area contributed by atoms with Gasteiger partial charge in [-0.3, -0.25) is 15.0 Å². The maximum atomic E-state index is 12.7. The summed E-state index contributed by atoms with van der Waals surface area (Å²) in [7, 11) is 3.69. The van der Waals surface area contributed by atoms with Crippen LogP contribution < -0.4 is 5.32 Å². The first-order valence-corrected chi connectivity index (χ1v) is 8.87. The third kappa shape index (κ3) is 4.38. The van der Waals surface area contributed by atoms with Gasteiger partial charge in [-0.1, -0.05) is 13.8 Å². The lowest BCUT2D eigenvalue weighted by Crippen LogP contribution is -2.40. The van der Waals surface area contributed by atoms with Crippen molar-refractivity contribution in [1.82, 2.24) is 19.7 Å². The van der Waals surface area contributed by atoms with Crippen molar-refractivity contribution in [3.8, 4) is 0 Å². The third-order valence-electron chi connectivity index (χ3n) is 4.60. The van der Waals surface area contributed by atoms with E-state index >= 15 is 0 Å². The summed E-state index contributed by atoms with van der Waals surface area (Å²) in [5, 5.41) is 7.54. The van der Waals surface area contributed by atoms with E-state index in [0.29, 0.717) is 0 Å². The number of hydrogen-bond donors (Lipinski definition) is 1. The first kappa shape index (κ1) is 19.0. The molecule has 2 heterocycles. The lowest BCUT2D eigenvalue weighted by Gasteiger charge is -2.25. The van der Waals surface area contributed by atoms with E-state index in [1.807, 2.05) is 40.2 Å². The zero-order chi connectivity index (χ0) is 18.6. The van der Waals surface area contributed by atoms with Crippen LogP contribution in [0.5, 0.6) is 0 Å². The van der Waals surface area contributed by atoms with Crippen LogP contribution in [0, 0.1) is 6.92 Å². The van der Waals surface area contributed by atoms with Gasteiger partial charge >= 0.3 is 6.03 Å². The van der Waals surface area contributed by atoms with Gasteiger partial charge in [-0.25, -0.2) is 4.79 Å². The molecule has 2 aromatic rings. The predicted molar refractivity (Wildman–Crippen MR) is 101 cm³/mol. The maximum absolute atomic E-state index is 12.7. The number of amides is 2. The van der Waals surface area contributed by atoms with Gasteiger partial charge in [0, 0.05) is 44.0 Å². The minimum atomic E-state index is -0.125. The Morgan fingerprint density at radius 2 is 2.08 bits per heavy atom. The summed E-state index contributed by atoms with van der Waals surface area (Å²) in [6.07, 6.45) is 4.24. The number of rotatable bonds is 6. The zero-order valence-electron chi connectivity index (χ0n) is 16.1. The Morgan fingerprint density at radius 1 is 1.36 bits per heavy atom. The molecule has 2 amide bonds. The highest BCUT2D eigenvalue weighted by Crippen LogP contribution is 2.21. The van der Waals surface area contributed by atoms with Crippen molar-refractivity contribution in [3.63, 3.8) is 0 Å². The van der Waals surface area contributed by atoms with Crippen LogP contribution in [0.4, 0.5) is 10.6 Å². The van der Waals surface area contributed by atoms with Crippen LogP contribution in [0.25, 0.3) is 0 Å². The predicted octanol–water partition coefficient (Wildman–Crippen LogP) is 3.34. The molecule has 0 aliphatic rings. The van der Waals surface area contributed by atoms with Gasteiger partial charge in [0.2, 0.25) is 0 Å². The summed E-state index contributed by atoms with van der Waals surface area (Å²) in [4.78, 5) is 18.8. The number of hydrogen-bond acceptors (Lipinski definition) is 3. The minimum absolute atomic E-state index is 0.0400. The fraction of sp³-hybridized carbons (Fsp3) is 0.526. The summed E-state index contributed by atoms with van der Waals surface area (Å²) >= 11 is 0. The Hall–Kier alpha value is -2.37. The number of carbonyl (C=O) groups excluding carboxylic acids is 1. The van der Waals surface area contributed by atoms with Crippen LogP contribution >= 0.6 is 0 Å². The van der Waals surface area contributed by atoms with Crippen LogP contribution in [0.15, 0.2) is 18.3 Å². The topological polar surface area (TPSA) is 63.1 Å². The van der Waals surface area contributed by atoms with E-state index in [-0.39, 0.29) is 12.1 Å². The SMILES string of the molecule is CCc1nn(C)c(NC(=O)N(C)[C@@H](C)Cc2cc(C)ccn2)c1CC. The molecule has 0 aliphatic carbocycles. The van der Waals surface area contributed by atoms with Crippen LogP contribution in [0.1, 0.15) is 43.3 Å². The Bertz CT molecular complexity index is 737. The second kappa shape index (κ2) is 8.14. The Morgan fingerprint density at radius 3 is 2.68 bits per heavy atom. The average molecular weight is 343 g/mol. The van der Waals surface area contributed by atoms with Crippen LogP contribution in [-0.2, 0) is 26.3 Å². The molecule has 0 saturated heterocycles. The fourth-order valence-corrected chi connectivity index (χ4v) is 2.97. The molecule has 2 rings (SSSR count). The molecule has 0 spiro atoms. The van der Waals surface area contributed by atoms with Crippen molar-refractivity contribution >= 4 is 11.8 Å². The molecule has 2 aromatic heterocycles. The number of likely N-dealkylation sites (N-methyl/N-ethyl adjacent to an activating group) is 1. The van der Waals surface area contributed by atoms with Crippen molar-refractivity contribution in [3.05, 3.63) is 40.8 Å². The number of carbonyl (C=O) groups is 1. The van der Waals surface area contributed by atoms with Gasteiger partial charge in [0.05, 0.1) is 5.69 Å². The number of aromatic nitrogens is 3. The van der Waals surface area contributed by atoms with Gasteiger partial charge in [0.25, 0.3) is 0 Å². The molecule has 0 saturated carbocycles. The molecular formula is C19H29N5O. The number of anilines is 1. The fourth-order valence-electron chi connectivity index (χ4n) is 2.97. The second-order valence-corrected chi connectivity index (χ2v) is 6.52. The molecule has 0 unspecified atom stereocenters. The average Bonchev–Trinajstić information content (AvgIpc) is 2.89. The lowest BCUT2D eigenvalue weighted by atomic mass is 10.1. The lowest BCUT2D eigenvalue weighted by molar-refractivity contribution is 0.207. The van der Waals surface area contributed by atoms with Crippen LogP contribution in [0.2, 0.25) is 0 Å². The molecule has 1 N–H and O–H groups in total. The second-order valence-electron chi connectivity index (χ2n) is 6.52.